The van der Waals surface area contributed by atoms with E-state index in [0.717, 1.165) is 16.5 Å². The van der Waals surface area contributed by atoms with E-state index in [0.29, 0.717) is 18.9 Å². The molecule has 5 heteroatoms. The van der Waals surface area contributed by atoms with Crippen molar-refractivity contribution < 1.29 is 18.7 Å². The maximum absolute atomic E-state index is 13.0. The Morgan fingerprint density at radius 3 is 2.52 bits per heavy atom. The van der Waals surface area contributed by atoms with Crippen molar-refractivity contribution in [1.29, 1.82) is 0 Å². The van der Waals surface area contributed by atoms with Crippen LogP contribution in [0.25, 0.3) is 10.8 Å². The Morgan fingerprint density at radius 2 is 1.68 bits per heavy atom. The number of halogens is 1. The standard InChI is InChI=1S/C20H18FNO3/c21-17-6-3-7-18(13-17)25-14-20(23)22-10-11-24-19-9-8-15-4-1-2-5-16(15)12-19/h1-9,12-13H,10-11,14H2,(H,22,23). The number of hydrogen-bond acceptors (Lipinski definition) is 3. The SMILES string of the molecule is O=C(COc1cccc(F)c1)NCCOc1ccc2ccccc2c1. The van der Waals surface area contributed by atoms with Crippen molar-refractivity contribution in [3.8, 4) is 11.5 Å². The zero-order chi connectivity index (χ0) is 17.5. The van der Waals surface area contributed by atoms with Crippen molar-refractivity contribution >= 4 is 16.7 Å². The van der Waals surface area contributed by atoms with E-state index in [1.807, 2.05) is 42.5 Å². The second kappa shape index (κ2) is 8.15. The van der Waals surface area contributed by atoms with Gasteiger partial charge in [-0.05, 0) is 35.0 Å². The Balaban J connectivity index is 1.39. The van der Waals surface area contributed by atoms with Crippen LogP contribution in [0.15, 0.2) is 66.7 Å². The summed E-state index contributed by atoms with van der Waals surface area (Å²) in [6.07, 6.45) is 0. The zero-order valence-corrected chi connectivity index (χ0v) is 13.6. The molecule has 1 amide bonds. The first-order valence-electron chi connectivity index (χ1n) is 7.97. The first kappa shape index (κ1) is 16.8. The molecule has 0 saturated heterocycles. The van der Waals surface area contributed by atoms with E-state index < -0.39 is 5.82 Å². The van der Waals surface area contributed by atoms with Crippen LogP contribution in [-0.2, 0) is 4.79 Å². The summed E-state index contributed by atoms with van der Waals surface area (Å²) >= 11 is 0. The number of amides is 1. The summed E-state index contributed by atoms with van der Waals surface area (Å²) in [6.45, 7) is 0.543. The van der Waals surface area contributed by atoms with Crippen LogP contribution in [0.3, 0.4) is 0 Å². The quantitative estimate of drug-likeness (QED) is 0.670. The predicted molar refractivity (Wildman–Crippen MR) is 94.3 cm³/mol. The fourth-order valence-corrected chi connectivity index (χ4v) is 2.37. The second-order valence-electron chi connectivity index (χ2n) is 5.45. The second-order valence-corrected chi connectivity index (χ2v) is 5.45. The molecule has 0 heterocycles. The number of fused-ring (bicyclic) bond motifs is 1. The summed E-state index contributed by atoms with van der Waals surface area (Å²) < 4.78 is 23.9. The van der Waals surface area contributed by atoms with Crippen molar-refractivity contribution in [2.45, 2.75) is 0 Å². The third kappa shape index (κ3) is 4.94. The molecule has 3 rings (SSSR count). The van der Waals surface area contributed by atoms with E-state index >= 15 is 0 Å². The molecular weight excluding hydrogens is 321 g/mol. The van der Waals surface area contributed by atoms with E-state index in [9.17, 15) is 9.18 Å². The van der Waals surface area contributed by atoms with Gasteiger partial charge in [0.15, 0.2) is 6.61 Å². The number of rotatable bonds is 7. The number of carbonyl (C=O) groups excluding carboxylic acids is 1. The predicted octanol–water partition coefficient (Wildman–Crippen LogP) is 3.55. The lowest BCUT2D eigenvalue weighted by atomic mass is 10.1. The molecule has 0 fully saturated rings. The molecule has 0 spiro atoms. The van der Waals surface area contributed by atoms with Gasteiger partial charge in [0.25, 0.3) is 5.91 Å². The fraction of sp³-hybridized carbons (Fsp3) is 0.150. The minimum atomic E-state index is -0.401. The Labute approximate surface area is 145 Å². The van der Waals surface area contributed by atoms with Gasteiger partial charge >= 0.3 is 0 Å². The normalized spacial score (nSPS) is 10.4. The molecule has 0 bridgehead atoms. The molecular formula is C20H18FNO3. The van der Waals surface area contributed by atoms with E-state index in [-0.39, 0.29) is 12.5 Å². The molecule has 0 aromatic heterocycles. The number of benzene rings is 3. The van der Waals surface area contributed by atoms with Crippen LogP contribution in [0.5, 0.6) is 11.5 Å². The van der Waals surface area contributed by atoms with Gasteiger partial charge in [-0.3, -0.25) is 4.79 Å². The maximum atomic E-state index is 13.0. The Kier molecular flexibility index (Phi) is 5.46. The van der Waals surface area contributed by atoms with Crippen molar-refractivity contribution in [1.82, 2.24) is 5.32 Å². The summed E-state index contributed by atoms with van der Waals surface area (Å²) in [4.78, 5) is 11.7. The van der Waals surface area contributed by atoms with E-state index in [1.54, 1.807) is 6.07 Å². The molecule has 3 aromatic rings. The van der Waals surface area contributed by atoms with Gasteiger partial charge in [0, 0.05) is 6.07 Å². The minimum absolute atomic E-state index is 0.167. The van der Waals surface area contributed by atoms with E-state index in [1.165, 1.54) is 18.2 Å². The zero-order valence-electron chi connectivity index (χ0n) is 13.6. The molecule has 0 aliphatic carbocycles. The lowest BCUT2D eigenvalue weighted by Crippen LogP contribution is -2.32. The van der Waals surface area contributed by atoms with Crippen LogP contribution < -0.4 is 14.8 Å². The Bertz CT molecular complexity index is 866. The first-order valence-corrected chi connectivity index (χ1v) is 7.97. The van der Waals surface area contributed by atoms with Crippen LogP contribution >= 0.6 is 0 Å². The van der Waals surface area contributed by atoms with E-state index in [4.69, 9.17) is 9.47 Å². The number of carbonyl (C=O) groups is 1. The lowest BCUT2D eigenvalue weighted by Gasteiger charge is -2.09. The van der Waals surface area contributed by atoms with Gasteiger partial charge in [0.05, 0.1) is 6.54 Å². The van der Waals surface area contributed by atoms with Gasteiger partial charge in [0.1, 0.15) is 23.9 Å². The molecule has 0 saturated carbocycles. The molecule has 4 nitrogen and oxygen atoms in total. The van der Waals surface area contributed by atoms with Gasteiger partial charge in [-0.2, -0.15) is 0 Å². The van der Waals surface area contributed by atoms with Gasteiger partial charge in [-0.25, -0.2) is 4.39 Å². The molecule has 0 radical (unpaired) electrons. The Morgan fingerprint density at radius 1 is 0.880 bits per heavy atom. The van der Waals surface area contributed by atoms with Gasteiger partial charge in [-0.1, -0.05) is 36.4 Å². The molecule has 0 atom stereocenters. The maximum Gasteiger partial charge on any atom is 0.258 e. The van der Waals surface area contributed by atoms with Crippen molar-refractivity contribution in [2.75, 3.05) is 19.8 Å². The third-order valence-electron chi connectivity index (χ3n) is 3.58. The molecule has 0 aliphatic heterocycles. The molecule has 0 unspecified atom stereocenters. The molecule has 3 aromatic carbocycles. The summed E-state index contributed by atoms with van der Waals surface area (Å²) in [7, 11) is 0. The highest BCUT2D eigenvalue weighted by atomic mass is 19.1. The average Bonchev–Trinajstić information content (AvgIpc) is 2.63. The van der Waals surface area contributed by atoms with Gasteiger partial charge in [0.2, 0.25) is 0 Å². The molecule has 25 heavy (non-hydrogen) atoms. The fourth-order valence-electron chi connectivity index (χ4n) is 2.37. The van der Waals surface area contributed by atoms with Crippen molar-refractivity contribution in [2.24, 2.45) is 0 Å². The highest BCUT2D eigenvalue weighted by molar-refractivity contribution is 5.83. The smallest absolute Gasteiger partial charge is 0.258 e. The molecule has 1 N–H and O–H groups in total. The monoisotopic (exact) mass is 339 g/mol. The molecule has 128 valence electrons. The summed E-state index contributed by atoms with van der Waals surface area (Å²) in [6, 6.07) is 19.6. The van der Waals surface area contributed by atoms with Crippen LogP contribution in [0.1, 0.15) is 0 Å². The number of nitrogens with one attached hydrogen (secondary N) is 1. The van der Waals surface area contributed by atoms with Crippen LogP contribution in [-0.4, -0.2) is 25.7 Å². The van der Waals surface area contributed by atoms with Crippen molar-refractivity contribution in [3.63, 3.8) is 0 Å². The summed E-state index contributed by atoms with van der Waals surface area (Å²) in [5, 5.41) is 4.95. The number of ether oxygens (including phenoxy) is 2. The largest absolute Gasteiger partial charge is 0.492 e. The topological polar surface area (TPSA) is 47.6 Å². The lowest BCUT2D eigenvalue weighted by molar-refractivity contribution is -0.123. The first-order chi connectivity index (χ1) is 12.2. The summed E-state index contributed by atoms with van der Waals surface area (Å²) in [5.74, 6) is 0.389. The van der Waals surface area contributed by atoms with E-state index in [2.05, 4.69) is 5.32 Å². The van der Waals surface area contributed by atoms with Gasteiger partial charge < -0.3 is 14.8 Å². The van der Waals surface area contributed by atoms with Crippen molar-refractivity contribution in [3.05, 3.63) is 72.5 Å². The average molecular weight is 339 g/mol. The Hall–Kier alpha value is -3.08. The third-order valence-corrected chi connectivity index (χ3v) is 3.58. The number of hydrogen-bond donors (Lipinski definition) is 1. The highest BCUT2D eigenvalue weighted by Gasteiger charge is 2.03. The van der Waals surface area contributed by atoms with Crippen LogP contribution in [0, 0.1) is 5.82 Å². The van der Waals surface area contributed by atoms with Crippen LogP contribution in [0.2, 0.25) is 0 Å². The minimum Gasteiger partial charge on any atom is -0.492 e. The summed E-state index contributed by atoms with van der Waals surface area (Å²) in [5.41, 5.74) is 0. The highest BCUT2D eigenvalue weighted by Crippen LogP contribution is 2.20. The van der Waals surface area contributed by atoms with Gasteiger partial charge in [-0.15, -0.1) is 0 Å². The molecule has 0 aliphatic rings. The van der Waals surface area contributed by atoms with Crippen LogP contribution in [0.4, 0.5) is 4.39 Å².